The molecule has 0 aliphatic heterocycles. The number of aliphatic hydroxyl groups is 3. The zero-order valence-electron chi connectivity index (χ0n) is 20.2. The van der Waals surface area contributed by atoms with Crippen molar-refractivity contribution in [1.82, 2.24) is 0 Å². The molecule has 0 aromatic carbocycles. The van der Waals surface area contributed by atoms with E-state index in [1.165, 1.54) is 44.9 Å². The lowest BCUT2D eigenvalue weighted by atomic mass is 9.42. The van der Waals surface area contributed by atoms with Crippen LogP contribution in [0, 0.1) is 46.3 Å². The molecule has 3 N–H and O–H groups in total. The van der Waals surface area contributed by atoms with Crippen LogP contribution in [0.25, 0.3) is 0 Å². The standard InChI is InChI=1S/C27H48O3/c1-17(2)7-6-8-18(3)21-9-10-22-20-15-24(29)27(30)16-19(28)11-14-26(27,5)23(20)12-13-25(21,22)4/h17-24,28-30H,6-16H2,1-5H3/t18-,19-,20-,21+,22+,23-,24-,25+,26+,27-/m0/s1. The predicted octanol–water partition coefficient (Wildman–Crippen LogP) is 5.55. The van der Waals surface area contributed by atoms with E-state index in [1.54, 1.807) is 0 Å². The second kappa shape index (κ2) is 8.03. The summed E-state index contributed by atoms with van der Waals surface area (Å²) in [5.74, 6) is 4.13. The van der Waals surface area contributed by atoms with E-state index in [9.17, 15) is 15.3 Å². The fourth-order valence-electron chi connectivity index (χ4n) is 9.29. The van der Waals surface area contributed by atoms with Crippen molar-refractivity contribution < 1.29 is 15.3 Å². The number of rotatable bonds is 5. The summed E-state index contributed by atoms with van der Waals surface area (Å²) in [6, 6.07) is 0. The molecule has 3 nitrogen and oxygen atoms in total. The molecule has 0 spiro atoms. The molecular formula is C27H48O3. The third-order valence-corrected chi connectivity index (χ3v) is 11.0. The molecule has 4 aliphatic rings. The van der Waals surface area contributed by atoms with Gasteiger partial charge >= 0.3 is 0 Å². The SMILES string of the molecule is CC(C)CCC[C@H](C)[C@H]1CC[C@@H]2[C@@H]3C[C@H](O)[C@@]4(O)C[C@@H](O)CC[C@]4(C)[C@H]3CC[C@@]21C. The minimum absolute atomic E-state index is 0.253. The quantitative estimate of drug-likeness (QED) is 0.546. The van der Waals surface area contributed by atoms with E-state index in [-0.39, 0.29) is 5.41 Å². The van der Waals surface area contributed by atoms with Crippen molar-refractivity contribution in [2.45, 2.75) is 123 Å². The Morgan fingerprint density at radius 2 is 1.63 bits per heavy atom. The lowest BCUT2D eigenvalue weighted by Gasteiger charge is -2.65. The maximum absolute atomic E-state index is 11.6. The van der Waals surface area contributed by atoms with Crippen LogP contribution in [0.15, 0.2) is 0 Å². The van der Waals surface area contributed by atoms with Crippen molar-refractivity contribution in [1.29, 1.82) is 0 Å². The van der Waals surface area contributed by atoms with Gasteiger partial charge in [-0.1, -0.05) is 53.9 Å². The third-order valence-electron chi connectivity index (χ3n) is 11.0. The van der Waals surface area contributed by atoms with E-state index in [0.717, 1.165) is 37.0 Å². The Morgan fingerprint density at radius 1 is 0.900 bits per heavy atom. The molecule has 0 unspecified atom stereocenters. The number of hydrogen-bond acceptors (Lipinski definition) is 3. The highest BCUT2D eigenvalue weighted by atomic mass is 16.3. The molecule has 3 heteroatoms. The van der Waals surface area contributed by atoms with Crippen molar-refractivity contribution in [2.24, 2.45) is 46.3 Å². The van der Waals surface area contributed by atoms with Gasteiger partial charge in [0, 0.05) is 11.8 Å². The smallest absolute Gasteiger partial charge is 0.0985 e. The van der Waals surface area contributed by atoms with Crippen molar-refractivity contribution in [3.63, 3.8) is 0 Å². The van der Waals surface area contributed by atoms with Crippen LogP contribution >= 0.6 is 0 Å². The summed E-state index contributed by atoms with van der Waals surface area (Å²) in [6.07, 6.45) is 10.7. The van der Waals surface area contributed by atoms with E-state index >= 15 is 0 Å². The minimum Gasteiger partial charge on any atom is -0.393 e. The summed E-state index contributed by atoms with van der Waals surface area (Å²) in [4.78, 5) is 0. The molecule has 0 aromatic heterocycles. The molecule has 0 amide bonds. The Morgan fingerprint density at radius 3 is 2.33 bits per heavy atom. The van der Waals surface area contributed by atoms with Crippen LogP contribution in [0.4, 0.5) is 0 Å². The lowest BCUT2D eigenvalue weighted by molar-refractivity contribution is -0.264. The first-order valence-electron chi connectivity index (χ1n) is 13.1. The molecule has 4 aliphatic carbocycles. The summed E-state index contributed by atoms with van der Waals surface area (Å²) in [6.45, 7) is 12.0. The van der Waals surface area contributed by atoms with Gasteiger partial charge in [0.15, 0.2) is 0 Å². The van der Waals surface area contributed by atoms with Crippen LogP contribution in [0.2, 0.25) is 0 Å². The Kier molecular flexibility index (Phi) is 6.17. The van der Waals surface area contributed by atoms with Gasteiger partial charge in [0.2, 0.25) is 0 Å². The molecule has 10 atom stereocenters. The van der Waals surface area contributed by atoms with Gasteiger partial charge in [-0.3, -0.25) is 0 Å². The highest BCUT2D eigenvalue weighted by Crippen LogP contribution is 2.69. The average molecular weight is 421 g/mol. The van der Waals surface area contributed by atoms with Crippen molar-refractivity contribution in [3.8, 4) is 0 Å². The molecule has 4 saturated carbocycles. The van der Waals surface area contributed by atoms with Crippen LogP contribution in [0.5, 0.6) is 0 Å². The van der Waals surface area contributed by atoms with Gasteiger partial charge in [0.05, 0.1) is 17.8 Å². The largest absolute Gasteiger partial charge is 0.393 e. The summed E-state index contributed by atoms with van der Waals surface area (Å²) in [5.41, 5.74) is -0.962. The molecular weight excluding hydrogens is 372 g/mol. The molecule has 4 rings (SSSR count). The molecule has 0 saturated heterocycles. The number of hydrogen-bond donors (Lipinski definition) is 3. The first kappa shape index (κ1) is 23.1. The molecule has 0 heterocycles. The van der Waals surface area contributed by atoms with Crippen LogP contribution < -0.4 is 0 Å². The summed E-state index contributed by atoms with van der Waals surface area (Å²) in [7, 11) is 0. The van der Waals surface area contributed by atoms with Gasteiger partial charge in [0.1, 0.15) is 0 Å². The third kappa shape index (κ3) is 3.41. The molecule has 30 heavy (non-hydrogen) atoms. The second-order valence-electron chi connectivity index (χ2n) is 12.9. The zero-order valence-corrected chi connectivity index (χ0v) is 20.2. The average Bonchev–Trinajstić information content (AvgIpc) is 3.01. The highest BCUT2D eigenvalue weighted by Gasteiger charge is 2.67. The molecule has 0 bridgehead atoms. The maximum atomic E-state index is 11.6. The zero-order chi connectivity index (χ0) is 21.9. The van der Waals surface area contributed by atoms with Crippen LogP contribution in [-0.2, 0) is 0 Å². The van der Waals surface area contributed by atoms with Gasteiger partial charge in [-0.05, 0) is 85.9 Å². The first-order chi connectivity index (χ1) is 14.0. The van der Waals surface area contributed by atoms with Gasteiger partial charge in [0.25, 0.3) is 0 Å². The lowest BCUT2D eigenvalue weighted by Crippen LogP contribution is -2.68. The number of aliphatic hydroxyl groups excluding tert-OH is 2. The Balaban J connectivity index is 1.53. The van der Waals surface area contributed by atoms with E-state index in [2.05, 4.69) is 34.6 Å². The van der Waals surface area contributed by atoms with E-state index in [1.807, 2.05) is 0 Å². The molecule has 0 radical (unpaired) electrons. The maximum Gasteiger partial charge on any atom is 0.0985 e. The van der Waals surface area contributed by atoms with Crippen LogP contribution in [0.1, 0.15) is 105 Å². The topological polar surface area (TPSA) is 60.7 Å². The van der Waals surface area contributed by atoms with E-state index < -0.39 is 17.8 Å². The van der Waals surface area contributed by atoms with Gasteiger partial charge < -0.3 is 15.3 Å². The first-order valence-corrected chi connectivity index (χ1v) is 13.1. The van der Waals surface area contributed by atoms with Crippen molar-refractivity contribution >= 4 is 0 Å². The molecule has 4 fully saturated rings. The van der Waals surface area contributed by atoms with Crippen LogP contribution in [-0.4, -0.2) is 33.1 Å². The monoisotopic (exact) mass is 420 g/mol. The minimum atomic E-state index is -1.11. The fourth-order valence-corrected chi connectivity index (χ4v) is 9.29. The molecule has 174 valence electrons. The summed E-state index contributed by atoms with van der Waals surface area (Å²) >= 11 is 0. The van der Waals surface area contributed by atoms with Gasteiger partial charge in [-0.25, -0.2) is 0 Å². The van der Waals surface area contributed by atoms with E-state index in [4.69, 9.17) is 0 Å². The Labute approximate surface area is 185 Å². The summed E-state index contributed by atoms with van der Waals surface area (Å²) < 4.78 is 0. The van der Waals surface area contributed by atoms with Gasteiger partial charge in [-0.2, -0.15) is 0 Å². The van der Waals surface area contributed by atoms with E-state index in [0.29, 0.717) is 29.6 Å². The summed E-state index contributed by atoms with van der Waals surface area (Å²) in [5, 5.41) is 33.0. The van der Waals surface area contributed by atoms with Crippen molar-refractivity contribution in [2.75, 3.05) is 0 Å². The van der Waals surface area contributed by atoms with Crippen molar-refractivity contribution in [3.05, 3.63) is 0 Å². The highest BCUT2D eigenvalue weighted by molar-refractivity contribution is 5.17. The fraction of sp³-hybridized carbons (Fsp3) is 1.00. The number of fused-ring (bicyclic) bond motifs is 5. The predicted molar refractivity (Wildman–Crippen MR) is 122 cm³/mol. The normalized spacial score (nSPS) is 51.9. The molecule has 0 aromatic rings. The van der Waals surface area contributed by atoms with Crippen LogP contribution in [0.3, 0.4) is 0 Å². The van der Waals surface area contributed by atoms with Gasteiger partial charge in [-0.15, -0.1) is 0 Å². The Bertz CT molecular complexity index is 619. The Hall–Kier alpha value is -0.120. The second-order valence-corrected chi connectivity index (χ2v) is 12.9.